The third-order valence-electron chi connectivity index (χ3n) is 4.79. The molecule has 3 rings (SSSR count). The van der Waals surface area contributed by atoms with Gasteiger partial charge in [-0.3, -0.25) is 4.72 Å². The number of pyridine rings is 1. The van der Waals surface area contributed by atoms with Crippen LogP contribution in [0, 0.1) is 0 Å². The monoisotopic (exact) mass is 588 g/mol. The summed E-state index contributed by atoms with van der Waals surface area (Å²) in [5, 5.41) is 0. The number of nitrogens with zero attached hydrogens (tertiary/aromatic N) is 1. The van der Waals surface area contributed by atoms with Gasteiger partial charge in [0.1, 0.15) is 0 Å². The number of alkyl halides is 9. The topological polar surface area (TPSA) is 94.6 Å². The molecular formula is C22H13F9N2O5S. The van der Waals surface area contributed by atoms with Crippen LogP contribution in [0.4, 0.5) is 45.2 Å². The number of hydrogen-bond donors (Lipinski definition) is 1. The van der Waals surface area contributed by atoms with Crippen molar-refractivity contribution in [3.05, 3.63) is 77.1 Å². The SMILES string of the molecule is COC(=O)c1ncccc1Oc1ccc(C(F)(F)F)cc1NS(=O)(=O)c1cc(C(F)(F)F)cc(C(F)(F)F)c1. The van der Waals surface area contributed by atoms with Crippen LogP contribution in [0.3, 0.4) is 0 Å². The minimum absolute atomic E-state index is 0.123. The highest BCUT2D eigenvalue weighted by Crippen LogP contribution is 2.40. The van der Waals surface area contributed by atoms with Crippen molar-refractivity contribution >= 4 is 21.7 Å². The average molecular weight is 588 g/mol. The highest BCUT2D eigenvalue weighted by molar-refractivity contribution is 7.92. The highest BCUT2D eigenvalue weighted by Gasteiger charge is 2.39. The number of hydrogen-bond acceptors (Lipinski definition) is 6. The number of aromatic nitrogens is 1. The van der Waals surface area contributed by atoms with Crippen molar-refractivity contribution in [3.63, 3.8) is 0 Å². The van der Waals surface area contributed by atoms with Gasteiger partial charge in [-0.05, 0) is 48.5 Å². The zero-order valence-corrected chi connectivity index (χ0v) is 19.8. The van der Waals surface area contributed by atoms with Crippen LogP contribution >= 0.6 is 0 Å². The van der Waals surface area contributed by atoms with Gasteiger partial charge >= 0.3 is 24.5 Å². The molecule has 0 bridgehead atoms. The number of halogens is 9. The fraction of sp³-hybridized carbons (Fsp3) is 0.182. The van der Waals surface area contributed by atoms with Crippen molar-refractivity contribution in [2.45, 2.75) is 23.4 Å². The molecule has 0 aliphatic rings. The van der Waals surface area contributed by atoms with Crippen molar-refractivity contribution in [2.24, 2.45) is 0 Å². The Morgan fingerprint density at radius 1 is 0.795 bits per heavy atom. The second kappa shape index (κ2) is 10.3. The molecule has 3 aromatic rings. The summed E-state index contributed by atoms with van der Waals surface area (Å²) in [4.78, 5) is 14.1. The molecule has 0 atom stereocenters. The van der Waals surface area contributed by atoms with Gasteiger partial charge in [0.2, 0.25) is 0 Å². The second-order valence-electron chi connectivity index (χ2n) is 7.50. The molecule has 0 radical (unpaired) electrons. The van der Waals surface area contributed by atoms with Crippen molar-refractivity contribution in [1.82, 2.24) is 4.98 Å². The number of carbonyl (C=O) groups excluding carboxylic acids is 1. The Hall–Kier alpha value is -4.02. The van der Waals surface area contributed by atoms with Crippen LogP contribution in [0.1, 0.15) is 27.2 Å². The molecule has 1 heterocycles. The molecule has 7 nitrogen and oxygen atoms in total. The summed E-state index contributed by atoms with van der Waals surface area (Å²) in [5.41, 5.74) is -6.92. The number of anilines is 1. The van der Waals surface area contributed by atoms with E-state index >= 15 is 0 Å². The van der Waals surface area contributed by atoms with E-state index in [0.717, 1.165) is 19.4 Å². The number of benzene rings is 2. The normalized spacial score (nSPS) is 12.7. The Morgan fingerprint density at radius 3 is 1.87 bits per heavy atom. The number of esters is 1. The molecule has 2 aromatic carbocycles. The van der Waals surface area contributed by atoms with Gasteiger partial charge in [0.05, 0.1) is 34.4 Å². The lowest BCUT2D eigenvalue weighted by Gasteiger charge is -2.18. The Bertz CT molecular complexity index is 1470. The molecular weight excluding hydrogens is 575 g/mol. The molecule has 0 aliphatic carbocycles. The number of sulfonamides is 1. The Kier molecular flexibility index (Phi) is 7.78. The van der Waals surface area contributed by atoms with Crippen LogP contribution in [-0.4, -0.2) is 26.5 Å². The third-order valence-corrected chi connectivity index (χ3v) is 6.14. The predicted molar refractivity (Wildman–Crippen MR) is 114 cm³/mol. The summed E-state index contributed by atoms with van der Waals surface area (Å²) in [5.74, 6) is -2.20. The molecule has 17 heteroatoms. The van der Waals surface area contributed by atoms with E-state index in [1.807, 2.05) is 0 Å². The molecule has 0 spiro atoms. The van der Waals surface area contributed by atoms with E-state index < -0.39 is 79.0 Å². The van der Waals surface area contributed by atoms with E-state index in [0.29, 0.717) is 12.1 Å². The van der Waals surface area contributed by atoms with Crippen LogP contribution in [0.15, 0.2) is 59.6 Å². The first-order valence-corrected chi connectivity index (χ1v) is 11.6. The molecule has 0 saturated carbocycles. The summed E-state index contributed by atoms with van der Waals surface area (Å²) in [6.45, 7) is 0. The second-order valence-corrected chi connectivity index (χ2v) is 9.18. The number of nitrogens with one attached hydrogen (secondary N) is 1. The van der Waals surface area contributed by atoms with Crippen LogP contribution in [0.2, 0.25) is 0 Å². The van der Waals surface area contributed by atoms with Crippen molar-refractivity contribution in [2.75, 3.05) is 11.8 Å². The first-order valence-electron chi connectivity index (χ1n) is 10.1. The molecule has 210 valence electrons. The lowest BCUT2D eigenvalue weighted by molar-refractivity contribution is -0.143. The fourth-order valence-electron chi connectivity index (χ4n) is 3.00. The van der Waals surface area contributed by atoms with E-state index in [-0.39, 0.29) is 24.3 Å². The maximum absolute atomic E-state index is 13.3. The zero-order chi connectivity index (χ0) is 29.4. The van der Waals surface area contributed by atoms with Gasteiger partial charge < -0.3 is 9.47 Å². The van der Waals surface area contributed by atoms with E-state index in [1.54, 1.807) is 0 Å². The van der Waals surface area contributed by atoms with E-state index in [4.69, 9.17) is 4.74 Å². The number of methoxy groups -OCH3 is 1. The summed E-state index contributed by atoms with van der Waals surface area (Å²) >= 11 is 0. The maximum atomic E-state index is 13.3. The van der Waals surface area contributed by atoms with Gasteiger partial charge in [-0.25, -0.2) is 18.2 Å². The summed E-state index contributed by atoms with van der Waals surface area (Å²) < 4.78 is 156. The predicted octanol–water partition coefficient (Wildman–Crippen LogP) is 6.52. The van der Waals surface area contributed by atoms with Crippen LogP contribution < -0.4 is 9.46 Å². The molecule has 0 fully saturated rings. The van der Waals surface area contributed by atoms with Crippen molar-refractivity contribution < 1.29 is 62.2 Å². The fourth-order valence-corrected chi connectivity index (χ4v) is 4.13. The quantitative estimate of drug-likeness (QED) is 0.261. The van der Waals surface area contributed by atoms with E-state index in [2.05, 4.69) is 9.72 Å². The number of ether oxygens (including phenoxy) is 2. The maximum Gasteiger partial charge on any atom is 0.416 e. The smallest absolute Gasteiger partial charge is 0.416 e. The van der Waals surface area contributed by atoms with Gasteiger partial charge in [0.25, 0.3) is 10.0 Å². The van der Waals surface area contributed by atoms with Crippen molar-refractivity contribution in [3.8, 4) is 11.5 Å². The Morgan fingerprint density at radius 2 is 1.36 bits per heavy atom. The molecule has 0 aliphatic heterocycles. The standard InChI is InChI=1S/C22H13F9N2O5S/c1-37-19(34)18-17(3-2-6-32-18)38-16-5-4-11(20(23,24)25)10-15(16)33-39(35,36)14-8-12(21(26,27)28)7-13(9-14)22(29,30)31/h2-10,33H,1H3. The first-order chi connectivity index (χ1) is 17.8. The van der Waals surface area contributed by atoms with Crippen LogP contribution in [0.25, 0.3) is 0 Å². The van der Waals surface area contributed by atoms with Crippen molar-refractivity contribution in [1.29, 1.82) is 0 Å². The Balaban J connectivity index is 2.16. The number of rotatable bonds is 6. The zero-order valence-electron chi connectivity index (χ0n) is 19.0. The lowest BCUT2D eigenvalue weighted by atomic mass is 10.1. The summed E-state index contributed by atoms with van der Waals surface area (Å²) in [7, 11) is -4.42. The molecule has 39 heavy (non-hydrogen) atoms. The summed E-state index contributed by atoms with van der Waals surface area (Å²) in [6.07, 6.45) is -14.7. The van der Waals surface area contributed by atoms with E-state index in [9.17, 15) is 52.7 Å². The highest BCUT2D eigenvalue weighted by atomic mass is 32.2. The number of carbonyl (C=O) groups is 1. The third kappa shape index (κ3) is 6.90. The first kappa shape index (κ1) is 29.5. The molecule has 1 aromatic heterocycles. The largest absolute Gasteiger partial charge is 0.464 e. The van der Waals surface area contributed by atoms with Gasteiger partial charge in [0.15, 0.2) is 17.2 Å². The minimum atomic E-state index is -5.40. The lowest BCUT2D eigenvalue weighted by Crippen LogP contribution is -2.18. The van der Waals surface area contributed by atoms with Crippen LogP contribution in [-0.2, 0) is 33.3 Å². The van der Waals surface area contributed by atoms with Gasteiger partial charge in [-0.15, -0.1) is 0 Å². The molecule has 1 N–H and O–H groups in total. The van der Waals surface area contributed by atoms with Gasteiger partial charge in [0, 0.05) is 6.20 Å². The van der Waals surface area contributed by atoms with E-state index in [1.165, 1.54) is 10.8 Å². The average Bonchev–Trinajstić information content (AvgIpc) is 2.82. The van der Waals surface area contributed by atoms with Crippen LogP contribution in [0.5, 0.6) is 11.5 Å². The van der Waals surface area contributed by atoms with Gasteiger partial charge in [-0.2, -0.15) is 39.5 Å². The van der Waals surface area contributed by atoms with Gasteiger partial charge in [-0.1, -0.05) is 0 Å². The molecule has 0 unspecified atom stereocenters. The molecule has 0 saturated heterocycles. The minimum Gasteiger partial charge on any atom is -0.464 e. The molecule has 0 amide bonds. The summed E-state index contributed by atoms with van der Waals surface area (Å²) in [6, 6.07) is 3.03. The Labute approximate surface area is 213 Å².